The molecule has 2 amide bonds. The molecule has 19 heavy (non-hydrogen) atoms. The van der Waals surface area contributed by atoms with Gasteiger partial charge >= 0.3 is 0 Å². The molecule has 6 nitrogen and oxygen atoms in total. The summed E-state index contributed by atoms with van der Waals surface area (Å²) in [6.45, 7) is 3.72. The molecule has 1 aromatic rings. The molecule has 1 heterocycles. The summed E-state index contributed by atoms with van der Waals surface area (Å²) in [6.07, 6.45) is 1.44. The van der Waals surface area contributed by atoms with Crippen molar-refractivity contribution in [1.29, 1.82) is 0 Å². The Morgan fingerprint density at radius 2 is 2.16 bits per heavy atom. The maximum atomic E-state index is 12.0. The molecule has 0 aliphatic carbocycles. The van der Waals surface area contributed by atoms with Crippen LogP contribution in [0.1, 0.15) is 30.8 Å². The Balaban J connectivity index is 2.46. The summed E-state index contributed by atoms with van der Waals surface area (Å²) < 4.78 is 4.95. The van der Waals surface area contributed by atoms with Gasteiger partial charge in [-0.2, -0.15) is 0 Å². The molecule has 0 aromatic carbocycles. The fraction of sp³-hybridized carbons (Fsp3) is 0.538. The quantitative estimate of drug-likeness (QED) is 0.792. The number of amides is 2. The third-order valence-electron chi connectivity index (χ3n) is 2.72. The maximum Gasteiger partial charge on any atom is 0.287 e. The van der Waals surface area contributed by atoms with E-state index in [2.05, 4.69) is 5.32 Å². The highest BCUT2D eigenvalue weighted by molar-refractivity contribution is 5.95. The van der Waals surface area contributed by atoms with Gasteiger partial charge in [-0.1, -0.05) is 0 Å². The van der Waals surface area contributed by atoms with Crippen molar-refractivity contribution in [2.45, 2.75) is 32.4 Å². The van der Waals surface area contributed by atoms with Crippen LogP contribution < -0.4 is 5.32 Å². The van der Waals surface area contributed by atoms with Crippen molar-refractivity contribution in [2.24, 2.45) is 0 Å². The van der Waals surface area contributed by atoms with Crippen LogP contribution in [0.4, 0.5) is 0 Å². The van der Waals surface area contributed by atoms with E-state index in [4.69, 9.17) is 4.42 Å². The number of hydrogen-bond donors (Lipinski definition) is 2. The summed E-state index contributed by atoms with van der Waals surface area (Å²) in [6, 6.07) is 2.50. The summed E-state index contributed by atoms with van der Waals surface area (Å²) in [5, 5.41) is 11.7. The number of aliphatic hydroxyl groups excluding tert-OH is 1. The Labute approximate surface area is 112 Å². The van der Waals surface area contributed by atoms with Crippen LogP contribution in [0.5, 0.6) is 0 Å². The van der Waals surface area contributed by atoms with Gasteiger partial charge in [-0.25, -0.2) is 0 Å². The third-order valence-corrected chi connectivity index (χ3v) is 2.72. The van der Waals surface area contributed by atoms with Gasteiger partial charge in [-0.05, 0) is 32.4 Å². The summed E-state index contributed by atoms with van der Waals surface area (Å²) in [5.41, 5.74) is 0. The second-order valence-corrected chi connectivity index (χ2v) is 4.57. The Bertz CT molecular complexity index is 414. The highest BCUT2D eigenvalue weighted by atomic mass is 16.3. The monoisotopic (exact) mass is 268 g/mol. The molecule has 0 aliphatic heterocycles. The molecule has 1 rings (SSSR count). The summed E-state index contributed by atoms with van der Waals surface area (Å²) in [7, 11) is 1.64. The number of hydrogen-bond acceptors (Lipinski definition) is 4. The molecule has 1 aromatic heterocycles. The highest BCUT2D eigenvalue weighted by Crippen LogP contribution is 2.02. The van der Waals surface area contributed by atoms with Gasteiger partial charge in [0.05, 0.1) is 12.4 Å². The Hall–Kier alpha value is -1.82. The first-order chi connectivity index (χ1) is 8.91. The zero-order valence-electron chi connectivity index (χ0n) is 11.4. The van der Waals surface area contributed by atoms with Crippen molar-refractivity contribution >= 4 is 11.8 Å². The van der Waals surface area contributed by atoms with Gasteiger partial charge in [-0.15, -0.1) is 0 Å². The van der Waals surface area contributed by atoms with Crippen molar-refractivity contribution in [3.05, 3.63) is 24.2 Å². The van der Waals surface area contributed by atoms with E-state index >= 15 is 0 Å². The van der Waals surface area contributed by atoms with Crippen molar-refractivity contribution in [3.8, 4) is 0 Å². The van der Waals surface area contributed by atoms with Crippen LogP contribution in [-0.2, 0) is 4.79 Å². The zero-order chi connectivity index (χ0) is 14.4. The van der Waals surface area contributed by atoms with Gasteiger partial charge < -0.3 is 19.7 Å². The van der Waals surface area contributed by atoms with Crippen LogP contribution in [0.15, 0.2) is 22.8 Å². The van der Waals surface area contributed by atoms with E-state index in [0.29, 0.717) is 13.0 Å². The van der Waals surface area contributed by atoms with Crippen LogP contribution in [0.25, 0.3) is 0 Å². The number of aliphatic hydroxyl groups is 1. The van der Waals surface area contributed by atoms with E-state index in [1.165, 1.54) is 17.2 Å². The lowest BCUT2D eigenvalue weighted by Gasteiger charge is -2.22. The molecule has 0 bridgehead atoms. The molecule has 0 radical (unpaired) electrons. The number of carbonyl (C=O) groups excluding carboxylic acids is 2. The lowest BCUT2D eigenvalue weighted by atomic mass is 10.2. The zero-order valence-corrected chi connectivity index (χ0v) is 11.4. The minimum Gasteiger partial charge on any atom is -0.459 e. The SMILES string of the molecule is CC(O)CCN(C)C(=O)C(C)NC(=O)c1ccco1. The van der Waals surface area contributed by atoms with Gasteiger partial charge in [0.2, 0.25) is 5.91 Å². The number of nitrogens with zero attached hydrogens (tertiary/aromatic N) is 1. The molecule has 106 valence electrons. The van der Waals surface area contributed by atoms with E-state index in [9.17, 15) is 14.7 Å². The first-order valence-corrected chi connectivity index (χ1v) is 6.19. The van der Waals surface area contributed by atoms with E-state index in [1.807, 2.05) is 0 Å². The van der Waals surface area contributed by atoms with Gasteiger partial charge in [0, 0.05) is 13.6 Å². The summed E-state index contributed by atoms with van der Waals surface area (Å²) in [4.78, 5) is 25.1. The molecule has 0 aliphatic rings. The van der Waals surface area contributed by atoms with Gasteiger partial charge in [0.25, 0.3) is 5.91 Å². The summed E-state index contributed by atoms with van der Waals surface area (Å²) in [5.74, 6) is -0.457. The molecular formula is C13H20N2O4. The van der Waals surface area contributed by atoms with Gasteiger partial charge in [-0.3, -0.25) is 9.59 Å². The van der Waals surface area contributed by atoms with E-state index in [0.717, 1.165) is 0 Å². The predicted molar refractivity (Wildman–Crippen MR) is 69.6 cm³/mol. The lowest BCUT2D eigenvalue weighted by Crippen LogP contribution is -2.46. The van der Waals surface area contributed by atoms with E-state index in [-0.39, 0.29) is 11.7 Å². The Kier molecular flexibility index (Phi) is 5.57. The number of rotatable bonds is 6. The molecular weight excluding hydrogens is 248 g/mol. The lowest BCUT2D eigenvalue weighted by molar-refractivity contribution is -0.131. The van der Waals surface area contributed by atoms with Crippen molar-refractivity contribution in [2.75, 3.05) is 13.6 Å². The number of nitrogens with one attached hydrogen (secondary N) is 1. The first-order valence-electron chi connectivity index (χ1n) is 6.19. The van der Waals surface area contributed by atoms with Gasteiger partial charge in [0.15, 0.2) is 5.76 Å². The average Bonchev–Trinajstić information content (AvgIpc) is 2.88. The van der Waals surface area contributed by atoms with Gasteiger partial charge in [0.1, 0.15) is 6.04 Å². The maximum absolute atomic E-state index is 12.0. The second-order valence-electron chi connectivity index (χ2n) is 4.57. The average molecular weight is 268 g/mol. The van der Waals surface area contributed by atoms with Crippen molar-refractivity contribution in [1.82, 2.24) is 10.2 Å². The normalized spacial score (nSPS) is 13.7. The highest BCUT2D eigenvalue weighted by Gasteiger charge is 2.21. The Morgan fingerprint density at radius 3 is 2.68 bits per heavy atom. The third kappa shape index (κ3) is 4.75. The topological polar surface area (TPSA) is 82.8 Å². The van der Waals surface area contributed by atoms with Crippen LogP contribution >= 0.6 is 0 Å². The smallest absolute Gasteiger partial charge is 0.287 e. The molecule has 0 saturated heterocycles. The minimum atomic E-state index is -0.642. The van der Waals surface area contributed by atoms with Crippen LogP contribution in [0, 0.1) is 0 Å². The molecule has 0 spiro atoms. The molecule has 0 saturated carbocycles. The Morgan fingerprint density at radius 1 is 1.47 bits per heavy atom. The molecule has 0 fully saturated rings. The van der Waals surface area contributed by atoms with Crippen LogP contribution in [0.2, 0.25) is 0 Å². The molecule has 2 atom stereocenters. The fourth-order valence-electron chi connectivity index (χ4n) is 1.56. The standard InChI is InChI=1S/C13H20N2O4/c1-9(16)6-7-15(3)13(18)10(2)14-12(17)11-5-4-8-19-11/h4-5,8-10,16H,6-7H2,1-3H3,(H,14,17). The van der Waals surface area contributed by atoms with E-state index in [1.54, 1.807) is 27.0 Å². The minimum absolute atomic E-state index is 0.172. The second kappa shape index (κ2) is 6.94. The number of likely N-dealkylation sites (N-methyl/N-ethyl adjacent to an activating group) is 1. The fourth-order valence-corrected chi connectivity index (χ4v) is 1.56. The van der Waals surface area contributed by atoms with E-state index < -0.39 is 18.1 Å². The largest absolute Gasteiger partial charge is 0.459 e. The first kappa shape index (κ1) is 15.2. The van der Waals surface area contributed by atoms with Crippen molar-refractivity contribution < 1.29 is 19.1 Å². The van der Waals surface area contributed by atoms with Crippen LogP contribution in [0.3, 0.4) is 0 Å². The number of carbonyl (C=O) groups is 2. The molecule has 2 unspecified atom stereocenters. The number of furan rings is 1. The van der Waals surface area contributed by atoms with Crippen molar-refractivity contribution in [3.63, 3.8) is 0 Å². The predicted octanol–water partition coefficient (Wildman–Crippen LogP) is 0.627. The van der Waals surface area contributed by atoms with Crippen LogP contribution in [-0.4, -0.2) is 47.6 Å². The summed E-state index contributed by atoms with van der Waals surface area (Å²) >= 11 is 0. The molecule has 2 N–H and O–H groups in total. The molecule has 6 heteroatoms.